The monoisotopic (exact) mass is 188 g/mol. The van der Waals surface area contributed by atoms with Crippen LogP contribution in [-0.2, 0) is 4.43 Å². The second-order valence-electron chi connectivity index (χ2n) is 4.38. The summed E-state index contributed by atoms with van der Waals surface area (Å²) in [7, 11) is -1.45. The van der Waals surface area contributed by atoms with Gasteiger partial charge in [0.05, 0.1) is 0 Å². The van der Waals surface area contributed by atoms with Crippen LogP contribution >= 0.6 is 0 Å². The van der Waals surface area contributed by atoms with E-state index in [2.05, 4.69) is 41.5 Å². The van der Waals surface area contributed by atoms with Gasteiger partial charge in [0.2, 0.25) is 0 Å². The van der Waals surface area contributed by atoms with Gasteiger partial charge in [0.15, 0.2) is 8.32 Å². The maximum atomic E-state index is 6.03. The van der Waals surface area contributed by atoms with Gasteiger partial charge < -0.3 is 4.43 Å². The molecule has 12 heavy (non-hydrogen) atoms. The van der Waals surface area contributed by atoms with Crippen LogP contribution in [0, 0.1) is 0 Å². The number of rotatable bonds is 4. The summed E-state index contributed by atoms with van der Waals surface area (Å²) in [6.07, 6.45) is 0. The van der Waals surface area contributed by atoms with Crippen molar-refractivity contribution in [3.05, 3.63) is 0 Å². The first kappa shape index (κ1) is 12.2. The van der Waals surface area contributed by atoms with E-state index in [1.54, 1.807) is 0 Å². The summed E-state index contributed by atoms with van der Waals surface area (Å²) in [5.74, 6) is 0. The van der Waals surface area contributed by atoms with Gasteiger partial charge in [-0.3, -0.25) is 0 Å². The molecule has 0 spiro atoms. The highest BCUT2D eigenvalue weighted by Crippen LogP contribution is 2.41. The van der Waals surface area contributed by atoms with E-state index in [9.17, 15) is 0 Å². The highest BCUT2D eigenvalue weighted by atomic mass is 28.4. The molecule has 0 unspecified atom stereocenters. The van der Waals surface area contributed by atoms with Crippen molar-refractivity contribution in [1.29, 1.82) is 0 Å². The molecule has 0 aliphatic heterocycles. The lowest BCUT2D eigenvalue weighted by atomic mass is 10.2. The van der Waals surface area contributed by atoms with E-state index >= 15 is 0 Å². The minimum absolute atomic E-state index is 0.381. The van der Waals surface area contributed by atoms with E-state index < -0.39 is 8.32 Å². The quantitative estimate of drug-likeness (QED) is 0.610. The van der Waals surface area contributed by atoms with Gasteiger partial charge in [0.1, 0.15) is 0 Å². The highest BCUT2D eigenvalue weighted by Gasteiger charge is 2.42. The Balaban J connectivity index is 4.57. The zero-order chi connectivity index (χ0) is 9.83. The van der Waals surface area contributed by atoms with Gasteiger partial charge in [0.25, 0.3) is 0 Å². The van der Waals surface area contributed by atoms with Crippen LogP contribution in [0.2, 0.25) is 17.1 Å². The lowest BCUT2D eigenvalue weighted by Crippen LogP contribution is -2.45. The zero-order valence-electron chi connectivity index (χ0n) is 9.53. The van der Waals surface area contributed by atoms with Gasteiger partial charge in [-0.1, -0.05) is 34.6 Å². The first-order chi connectivity index (χ1) is 5.43. The normalized spacial score (nSPS) is 13.5. The predicted octanol–water partition coefficient (Wildman–Crippen LogP) is 3.81. The average molecular weight is 188 g/mol. The Labute approximate surface area is 78.6 Å². The summed E-state index contributed by atoms with van der Waals surface area (Å²) in [6, 6.07) is 2.47. The molecule has 0 aliphatic rings. The van der Waals surface area contributed by atoms with Gasteiger partial charge in [-0.15, -0.1) is 0 Å². The van der Waals surface area contributed by atoms with Crippen molar-refractivity contribution >= 4 is 8.32 Å². The molecule has 0 aromatic rings. The maximum Gasteiger partial charge on any atom is 0.197 e. The molecule has 0 N–H and O–H groups in total. The van der Waals surface area contributed by atoms with Crippen molar-refractivity contribution in [3.8, 4) is 0 Å². The van der Waals surface area contributed by atoms with Gasteiger partial charge in [-0.2, -0.15) is 0 Å². The Morgan fingerprint density at radius 1 is 1.00 bits per heavy atom. The molecule has 0 aromatic heterocycles. The van der Waals surface area contributed by atoms with Crippen LogP contribution in [0.3, 0.4) is 0 Å². The fraction of sp³-hybridized carbons (Fsp3) is 1.00. The van der Waals surface area contributed by atoms with E-state index in [0.29, 0.717) is 5.04 Å². The van der Waals surface area contributed by atoms with Crippen molar-refractivity contribution in [1.82, 2.24) is 0 Å². The topological polar surface area (TPSA) is 9.23 Å². The second-order valence-corrected chi connectivity index (χ2v) is 9.58. The summed E-state index contributed by atoms with van der Waals surface area (Å²) in [4.78, 5) is 0. The van der Waals surface area contributed by atoms with Crippen LogP contribution in [0.15, 0.2) is 0 Å². The summed E-state index contributed by atoms with van der Waals surface area (Å²) in [5, 5.41) is 0.381. The third kappa shape index (κ3) is 2.33. The molecule has 0 atom stereocenters. The van der Waals surface area contributed by atoms with Crippen molar-refractivity contribution in [2.24, 2.45) is 0 Å². The molecule has 0 bridgehead atoms. The standard InChI is InChI=1S/C10H24OSi/c1-7-11-12(8-2,9-3)10(4,5)6/h7-9H2,1-6H3. The van der Waals surface area contributed by atoms with Crippen molar-refractivity contribution in [3.63, 3.8) is 0 Å². The van der Waals surface area contributed by atoms with Gasteiger partial charge in [-0.05, 0) is 24.1 Å². The minimum Gasteiger partial charge on any atom is -0.417 e. The van der Waals surface area contributed by atoms with Crippen LogP contribution < -0.4 is 0 Å². The SMILES string of the molecule is CCO[Si](CC)(CC)C(C)(C)C. The Kier molecular flexibility index (Phi) is 4.49. The summed E-state index contributed by atoms with van der Waals surface area (Å²) < 4.78 is 6.03. The molecule has 0 fully saturated rings. The average Bonchev–Trinajstić information content (AvgIpc) is 1.98. The molecule has 2 heteroatoms. The maximum absolute atomic E-state index is 6.03. The van der Waals surface area contributed by atoms with E-state index in [1.165, 1.54) is 12.1 Å². The van der Waals surface area contributed by atoms with Crippen molar-refractivity contribution in [2.45, 2.75) is 58.7 Å². The first-order valence-corrected chi connectivity index (χ1v) is 7.39. The molecule has 0 aliphatic carbocycles. The van der Waals surface area contributed by atoms with Gasteiger partial charge in [-0.25, -0.2) is 0 Å². The molecular weight excluding hydrogens is 164 g/mol. The summed E-state index contributed by atoms with van der Waals surface area (Å²) in [6.45, 7) is 14.5. The molecule has 0 saturated carbocycles. The predicted molar refractivity (Wildman–Crippen MR) is 58.1 cm³/mol. The fourth-order valence-electron chi connectivity index (χ4n) is 2.01. The smallest absolute Gasteiger partial charge is 0.197 e. The molecule has 0 aromatic carbocycles. The van der Waals surface area contributed by atoms with E-state index in [1.807, 2.05) is 0 Å². The molecule has 0 saturated heterocycles. The Morgan fingerprint density at radius 2 is 1.42 bits per heavy atom. The minimum atomic E-state index is -1.45. The van der Waals surface area contributed by atoms with Crippen LogP contribution in [0.25, 0.3) is 0 Å². The third-order valence-electron chi connectivity index (χ3n) is 2.93. The lowest BCUT2D eigenvalue weighted by molar-refractivity contribution is 0.298. The molecule has 1 nitrogen and oxygen atoms in total. The van der Waals surface area contributed by atoms with E-state index in [-0.39, 0.29) is 0 Å². The molecule has 0 radical (unpaired) electrons. The van der Waals surface area contributed by atoms with Crippen LogP contribution in [0.5, 0.6) is 0 Å². The van der Waals surface area contributed by atoms with Gasteiger partial charge >= 0.3 is 0 Å². The van der Waals surface area contributed by atoms with E-state index in [0.717, 1.165) is 6.61 Å². The highest BCUT2D eigenvalue weighted by molar-refractivity contribution is 6.76. The first-order valence-electron chi connectivity index (χ1n) is 5.07. The van der Waals surface area contributed by atoms with Crippen LogP contribution in [0.4, 0.5) is 0 Å². The van der Waals surface area contributed by atoms with Crippen molar-refractivity contribution in [2.75, 3.05) is 6.61 Å². The molecule has 74 valence electrons. The van der Waals surface area contributed by atoms with Crippen LogP contribution in [-0.4, -0.2) is 14.9 Å². The Hall–Kier alpha value is 0.177. The fourth-order valence-corrected chi connectivity index (χ4v) is 6.02. The van der Waals surface area contributed by atoms with Crippen LogP contribution in [0.1, 0.15) is 41.5 Å². The molecule has 0 amide bonds. The second kappa shape index (κ2) is 4.42. The Bertz CT molecular complexity index is 122. The zero-order valence-corrected chi connectivity index (χ0v) is 10.5. The molecule has 0 heterocycles. The Morgan fingerprint density at radius 3 is 1.50 bits per heavy atom. The largest absolute Gasteiger partial charge is 0.417 e. The lowest BCUT2D eigenvalue weighted by Gasteiger charge is -2.40. The third-order valence-corrected chi connectivity index (χ3v) is 8.79. The van der Waals surface area contributed by atoms with Gasteiger partial charge in [0, 0.05) is 6.61 Å². The van der Waals surface area contributed by atoms with E-state index in [4.69, 9.17) is 4.43 Å². The van der Waals surface area contributed by atoms with Crippen molar-refractivity contribution < 1.29 is 4.43 Å². The summed E-state index contributed by atoms with van der Waals surface area (Å²) >= 11 is 0. The molecule has 0 rings (SSSR count). The number of hydrogen-bond donors (Lipinski definition) is 0. The number of hydrogen-bond acceptors (Lipinski definition) is 1. The summed E-state index contributed by atoms with van der Waals surface area (Å²) in [5.41, 5.74) is 0. The molecular formula is C10H24OSi.